The van der Waals surface area contributed by atoms with E-state index in [-0.39, 0.29) is 23.3 Å². The number of nitrogens with zero attached hydrogens (tertiary/aromatic N) is 1. The molecule has 0 unspecified atom stereocenters. The van der Waals surface area contributed by atoms with E-state index in [1.807, 2.05) is 12.3 Å². The summed E-state index contributed by atoms with van der Waals surface area (Å²) in [4.78, 5) is 26.6. The Kier molecular flexibility index (Phi) is 7.71. The largest absolute Gasteiger partial charge is 0.478 e. The van der Waals surface area contributed by atoms with Crippen LogP contribution in [0.5, 0.6) is 0 Å². The summed E-state index contributed by atoms with van der Waals surface area (Å²) in [6, 6.07) is 20.6. The maximum absolute atomic E-state index is 14.0. The van der Waals surface area contributed by atoms with Crippen molar-refractivity contribution < 1.29 is 32.3 Å². The molecule has 5 aromatic rings. The van der Waals surface area contributed by atoms with Crippen LogP contribution in [0.1, 0.15) is 63.7 Å². The van der Waals surface area contributed by atoms with Crippen LogP contribution in [0.3, 0.4) is 0 Å². The highest BCUT2D eigenvalue weighted by atomic mass is 32.2. The van der Waals surface area contributed by atoms with E-state index in [4.69, 9.17) is 0 Å². The van der Waals surface area contributed by atoms with E-state index >= 15 is 0 Å². The van der Waals surface area contributed by atoms with Crippen LogP contribution in [0.15, 0.2) is 101 Å². The van der Waals surface area contributed by atoms with Crippen LogP contribution >= 0.6 is 11.8 Å². The Morgan fingerprint density at radius 2 is 1.59 bits per heavy atom. The number of fused-ring (bicyclic) bond motifs is 1. The number of carbonyl (C=O) groups excluding carboxylic acids is 1. The van der Waals surface area contributed by atoms with Gasteiger partial charge in [0.1, 0.15) is 5.82 Å². The fourth-order valence-corrected chi connectivity index (χ4v) is 6.19. The smallest absolute Gasteiger partial charge is 0.416 e. The first-order chi connectivity index (χ1) is 21.0. The Labute approximate surface area is 254 Å². The van der Waals surface area contributed by atoms with Crippen molar-refractivity contribution in [2.24, 2.45) is 0 Å². The number of carboxylic acid groups (broad SMARTS) is 1. The second-order valence-electron chi connectivity index (χ2n) is 10.8. The molecule has 1 heterocycles. The minimum atomic E-state index is -4.45. The van der Waals surface area contributed by atoms with Crippen molar-refractivity contribution in [2.75, 3.05) is 0 Å². The Hall–Kier alpha value is -4.57. The number of halogens is 4. The SMILES string of the molecule is C[C@H](NC(=O)c1cc(-c2ccc(F)cc2)cc2c1c(Sc1ccc(C(F)(F)F)cc1)cn2C1CC1)c1ccc(C(=O)O)cc1. The second kappa shape index (κ2) is 11.5. The highest BCUT2D eigenvalue weighted by molar-refractivity contribution is 7.99. The topological polar surface area (TPSA) is 71.3 Å². The van der Waals surface area contributed by atoms with Gasteiger partial charge in [0.25, 0.3) is 5.91 Å². The third-order valence-electron chi connectivity index (χ3n) is 7.68. The van der Waals surface area contributed by atoms with Crippen LogP contribution in [-0.4, -0.2) is 21.6 Å². The summed E-state index contributed by atoms with van der Waals surface area (Å²) in [5, 5.41) is 12.9. The molecule has 2 N–H and O–H groups in total. The van der Waals surface area contributed by atoms with E-state index < -0.39 is 23.8 Å². The van der Waals surface area contributed by atoms with Gasteiger partial charge in [-0.05, 0) is 97.1 Å². The number of aromatic nitrogens is 1. The molecule has 4 aromatic carbocycles. The van der Waals surface area contributed by atoms with E-state index in [2.05, 4.69) is 9.88 Å². The van der Waals surface area contributed by atoms with E-state index in [1.54, 1.807) is 37.3 Å². The predicted molar refractivity (Wildman–Crippen MR) is 160 cm³/mol. The van der Waals surface area contributed by atoms with Crippen LogP contribution in [-0.2, 0) is 6.18 Å². The van der Waals surface area contributed by atoms with E-state index in [1.165, 1.54) is 48.2 Å². The highest BCUT2D eigenvalue weighted by Gasteiger charge is 2.31. The maximum Gasteiger partial charge on any atom is 0.416 e. The van der Waals surface area contributed by atoms with Crippen LogP contribution in [0, 0.1) is 5.82 Å². The van der Waals surface area contributed by atoms with Gasteiger partial charge in [-0.25, -0.2) is 9.18 Å². The zero-order valence-corrected chi connectivity index (χ0v) is 24.2. The molecule has 5 nitrogen and oxygen atoms in total. The van der Waals surface area contributed by atoms with Crippen molar-refractivity contribution in [3.05, 3.63) is 119 Å². The predicted octanol–water partition coefficient (Wildman–Crippen LogP) is 9.14. The minimum Gasteiger partial charge on any atom is -0.478 e. The lowest BCUT2D eigenvalue weighted by Gasteiger charge is -2.17. The van der Waals surface area contributed by atoms with E-state index in [0.29, 0.717) is 27.0 Å². The van der Waals surface area contributed by atoms with Crippen LogP contribution in [0.2, 0.25) is 0 Å². The normalized spacial score (nSPS) is 14.0. The third kappa shape index (κ3) is 6.07. The zero-order chi connectivity index (χ0) is 31.2. The summed E-state index contributed by atoms with van der Waals surface area (Å²) in [5.41, 5.74) is 2.71. The summed E-state index contributed by atoms with van der Waals surface area (Å²) >= 11 is 1.28. The summed E-state index contributed by atoms with van der Waals surface area (Å²) in [5.74, 6) is -1.81. The number of rotatable bonds is 8. The lowest BCUT2D eigenvalue weighted by molar-refractivity contribution is -0.137. The summed E-state index contributed by atoms with van der Waals surface area (Å²) in [6.07, 6.45) is -0.582. The van der Waals surface area contributed by atoms with Gasteiger partial charge in [0.15, 0.2) is 0 Å². The van der Waals surface area contributed by atoms with Crippen molar-refractivity contribution in [3.63, 3.8) is 0 Å². The quantitative estimate of drug-likeness (QED) is 0.170. The van der Waals surface area contributed by atoms with Crippen molar-refractivity contribution >= 4 is 34.5 Å². The number of carbonyl (C=O) groups is 2. The molecular weight excluding hydrogens is 592 g/mol. The van der Waals surface area contributed by atoms with Gasteiger partial charge in [-0.15, -0.1) is 0 Å². The lowest BCUT2D eigenvalue weighted by atomic mass is 9.99. The summed E-state index contributed by atoms with van der Waals surface area (Å²) in [7, 11) is 0. The van der Waals surface area contributed by atoms with Gasteiger partial charge in [0.05, 0.1) is 28.2 Å². The van der Waals surface area contributed by atoms with Crippen molar-refractivity contribution in [1.29, 1.82) is 0 Å². The number of hydrogen-bond donors (Lipinski definition) is 2. The molecule has 1 atom stereocenters. The molecule has 1 amide bonds. The van der Waals surface area contributed by atoms with Gasteiger partial charge in [-0.3, -0.25) is 4.79 Å². The number of aromatic carboxylic acids is 1. The molecule has 1 aliphatic carbocycles. The van der Waals surface area contributed by atoms with Gasteiger partial charge in [-0.2, -0.15) is 13.2 Å². The first-order valence-electron chi connectivity index (χ1n) is 13.9. The molecular formula is C34H26F4N2O3S. The molecule has 0 spiro atoms. The van der Waals surface area contributed by atoms with Gasteiger partial charge in [0, 0.05) is 27.4 Å². The molecule has 224 valence electrons. The molecule has 0 bridgehead atoms. The van der Waals surface area contributed by atoms with Crippen molar-refractivity contribution in [2.45, 2.75) is 47.8 Å². The second-order valence-corrected chi connectivity index (χ2v) is 11.9. The molecule has 44 heavy (non-hydrogen) atoms. The van der Waals surface area contributed by atoms with Gasteiger partial charge < -0.3 is 15.0 Å². The number of alkyl halides is 3. The van der Waals surface area contributed by atoms with Gasteiger partial charge in [0.2, 0.25) is 0 Å². The van der Waals surface area contributed by atoms with Crippen LogP contribution in [0.25, 0.3) is 22.0 Å². The Balaban J connectivity index is 1.44. The molecule has 1 saturated carbocycles. The molecule has 0 aliphatic heterocycles. The monoisotopic (exact) mass is 618 g/mol. The molecule has 0 radical (unpaired) electrons. The van der Waals surface area contributed by atoms with E-state index in [0.717, 1.165) is 41.0 Å². The van der Waals surface area contributed by atoms with Gasteiger partial charge >= 0.3 is 12.1 Å². The molecule has 6 rings (SSSR count). The number of hydrogen-bond acceptors (Lipinski definition) is 3. The summed E-state index contributed by atoms with van der Waals surface area (Å²) < 4.78 is 55.4. The third-order valence-corrected chi connectivity index (χ3v) is 8.71. The van der Waals surface area contributed by atoms with Crippen LogP contribution in [0.4, 0.5) is 17.6 Å². The molecule has 10 heteroatoms. The van der Waals surface area contributed by atoms with Crippen molar-refractivity contribution in [1.82, 2.24) is 9.88 Å². The standard InChI is InChI=1S/C34H26F4N2O3S/c1-19(20-2-4-22(5-3-20)33(42)43)39-32(41)28-16-23(21-6-10-25(35)11-7-21)17-29-31(28)30(18-40(29)26-12-13-26)44-27-14-8-24(9-15-27)34(36,37)38/h2-11,14-19,26H,12-13H2,1H3,(H,39,41)(H,42,43)/t19-/m0/s1. The number of nitrogens with one attached hydrogen (secondary N) is 1. The Morgan fingerprint density at radius 3 is 2.18 bits per heavy atom. The average molecular weight is 619 g/mol. The molecule has 0 saturated heterocycles. The highest BCUT2D eigenvalue weighted by Crippen LogP contribution is 2.45. The molecule has 1 fully saturated rings. The zero-order valence-electron chi connectivity index (χ0n) is 23.4. The van der Waals surface area contributed by atoms with Crippen LogP contribution < -0.4 is 5.32 Å². The number of amides is 1. The fourth-order valence-electron chi connectivity index (χ4n) is 5.18. The number of carboxylic acids is 1. The van der Waals surface area contributed by atoms with E-state index in [9.17, 15) is 32.3 Å². The first-order valence-corrected chi connectivity index (χ1v) is 14.7. The Morgan fingerprint density at radius 1 is 0.932 bits per heavy atom. The number of benzene rings is 4. The maximum atomic E-state index is 14.0. The van der Waals surface area contributed by atoms with Gasteiger partial charge in [-0.1, -0.05) is 36.0 Å². The minimum absolute atomic E-state index is 0.132. The average Bonchev–Trinajstić information content (AvgIpc) is 3.78. The fraction of sp³-hybridized carbons (Fsp3) is 0.176. The van der Waals surface area contributed by atoms with Crippen molar-refractivity contribution in [3.8, 4) is 11.1 Å². The lowest BCUT2D eigenvalue weighted by Crippen LogP contribution is -2.27. The Bertz CT molecular complexity index is 1860. The summed E-state index contributed by atoms with van der Waals surface area (Å²) in [6.45, 7) is 1.79. The molecule has 1 aliphatic rings. The molecule has 1 aromatic heterocycles. The first kappa shape index (κ1) is 29.5.